The predicted molar refractivity (Wildman–Crippen MR) is 111 cm³/mol. The molecular weight excluding hydrogens is 410 g/mol. The number of amides is 1. The van der Waals surface area contributed by atoms with Gasteiger partial charge in [-0.2, -0.15) is 0 Å². The number of hydroxylamine groups is 1. The van der Waals surface area contributed by atoms with Crippen molar-refractivity contribution in [3.63, 3.8) is 0 Å². The number of rotatable bonds is 7. The van der Waals surface area contributed by atoms with Crippen molar-refractivity contribution in [3.05, 3.63) is 59.1 Å². The standard InChI is InChI=1S/C20H21N3O6S/c1-29-15-6-3-13(4-7-15)14-5-8-16-17(11-14)21-12-23(20(16)25)10-9-18(19(24)22-26)30(2,27)28/h3-8,11-12,18,26H,9-10H2,1-2H3,(H,22,24). The lowest BCUT2D eigenvalue weighted by atomic mass is 10.0. The van der Waals surface area contributed by atoms with Crippen LogP contribution in [0, 0.1) is 0 Å². The lowest BCUT2D eigenvalue weighted by Gasteiger charge is -2.14. The average molecular weight is 431 g/mol. The van der Waals surface area contributed by atoms with Crippen molar-refractivity contribution in [1.29, 1.82) is 0 Å². The molecule has 2 N–H and O–H groups in total. The number of carbonyl (C=O) groups excluding carboxylic acids is 1. The third-order valence-corrected chi connectivity index (χ3v) is 6.28. The van der Waals surface area contributed by atoms with Crippen molar-refractivity contribution in [2.45, 2.75) is 18.2 Å². The Labute approximate surface area is 172 Å². The number of sulfone groups is 1. The molecule has 0 fully saturated rings. The summed E-state index contributed by atoms with van der Waals surface area (Å²) in [6, 6.07) is 12.7. The second kappa shape index (κ2) is 8.64. The molecule has 3 aromatic rings. The highest BCUT2D eigenvalue weighted by molar-refractivity contribution is 7.92. The third-order valence-electron chi connectivity index (χ3n) is 4.80. The van der Waals surface area contributed by atoms with E-state index in [-0.39, 0.29) is 18.5 Å². The number of hydrogen-bond acceptors (Lipinski definition) is 7. The lowest BCUT2D eigenvalue weighted by molar-refractivity contribution is -0.128. The highest BCUT2D eigenvalue weighted by Crippen LogP contribution is 2.24. The highest BCUT2D eigenvalue weighted by Gasteiger charge is 2.28. The van der Waals surface area contributed by atoms with E-state index in [9.17, 15) is 18.0 Å². The van der Waals surface area contributed by atoms with Gasteiger partial charge in [0.2, 0.25) is 0 Å². The van der Waals surface area contributed by atoms with E-state index in [1.54, 1.807) is 25.3 Å². The van der Waals surface area contributed by atoms with E-state index >= 15 is 0 Å². The quantitative estimate of drug-likeness (QED) is 0.427. The van der Waals surface area contributed by atoms with Crippen LogP contribution in [0.1, 0.15) is 6.42 Å². The van der Waals surface area contributed by atoms with Gasteiger partial charge in [-0.15, -0.1) is 0 Å². The largest absolute Gasteiger partial charge is 0.497 e. The molecule has 9 nitrogen and oxygen atoms in total. The first-order chi connectivity index (χ1) is 14.2. The van der Waals surface area contributed by atoms with E-state index in [4.69, 9.17) is 9.94 Å². The van der Waals surface area contributed by atoms with E-state index < -0.39 is 21.0 Å². The number of hydrogen-bond donors (Lipinski definition) is 2. The summed E-state index contributed by atoms with van der Waals surface area (Å²) in [6.07, 6.45) is 2.04. The Balaban J connectivity index is 1.89. The first kappa shape index (κ1) is 21.5. The Morgan fingerprint density at radius 2 is 1.87 bits per heavy atom. The van der Waals surface area contributed by atoms with Gasteiger partial charge in [0.05, 0.1) is 24.3 Å². The van der Waals surface area contributed by atoms with Crippen molar-refractivity contribution in [2.75, 3.05) is 13.4 Å². The summed E-state index contributed by atoms with van der Waals surface area (Å²) in [5.74, 6) is -0.300. The van der Waals surface area contributed by atoms with Crippen LogP contribution in [0.5, 0.6) is 5.75 Å². The molecule has 0 aliphatic rings. The summed E-state index contributed by atoms with van der Waals surface area (Å²) in [4.78, 5) is 28.7. The van der Waals surface area contributed by atoms with Crippen LogP contribution in [-0.4, -0.2) is 47.7 Å². The van der Waals surface area contributed by atoms with Crippen molar-refractivity contribution in [1.82, 2.24) is 15.0 Å². The smallest absolute Gasteiger partial charge is 0.261 e. The number of ether oxygens (including phenoxy) is 1. The topological polar surface area (TPSA) is 128 Å². The Morgan fingerprint density at radius 3 is 2.47 bits per heavy atom. The zero-order chi connectivity index (χ0) is 21.9. The van der Waals surface area contributed by atoms with Gasteiger partial charge in [-0.3, -0.25) is 19.4 Å². The lowest BCUT2D eigenvalue weighted by Crippen LogP contribution is -2.39. The van der Waals surface area contributed by atoms with Crippen molar-refractivity contribution in [2.24, 2.45) is 0 Å². The Bertz CT molecular complexity index is 1240. The number of aryl methyl sites for hydroxylation is 1. The van der Waals surface area contributed by atoms with Gasteiger partial charge >= 0.3 is 0 Å². The molecule has 0 saturated carbocycles. The molecule has 1 atom stereocenters. The van der Waals surface area contributed by atoms with Crippen LogP contribution in [0.2, 0.25) is 0 Å². The maximum Gasteiger partial charge on any atom is 0.261 e. The molecule has 0 spiro atoms. The monoisotopic (exact) mass is 431 g/mol. The van der Waals surface area contributed by atoms with Crippen LogP contribution in [0.4, 0.5) is 0 Å². The molecule has 0 saturated heterocycles. The predicted octanol–water partition coefficient (Wildman–Crippen LogP) is 1.38. The van der Waals surface area contributed by atoms with Gasteiger partial charge in [-0.1, -0.05) is 18.2 Å². The molecule has 1 heterocycles. The molecule has 2 aromatic carbocycles. The number of nitrogens with zero attached hydrogens (tertiary/aromatic N) is 2. The SMILES string of the molecule is COc1ccc(-c2ccc3c(=O)n(CCC(C(=O)NO)S(C)(=O)=O)cnc3c2)cc1. The fourth-order valence-electron chi connectivity index (χ4n) is 3.15. The molecule has 0 aliphatic carbocycles. The van der Waals surface area contributed by atoms with Gasteiger partial charge < -0.3 is 4.74 Å². The van der Waals surface area contributed by atoms with E-state index in [2.05, 4.69) is 4.98 Å². The first-order valence-electron chi connectivity index (χ1n) is 9.01. The maximum absolute atomic E-state index is 12.8. The molecule has 1 unspecified atom stereocenters. The van der Waals surface area contributed by atoms with Gasteiger partial charge in [0.25, 0.3) is 11.5 Å². The number of methoxy groups -OCH3 is 1. The number of fused-ring (bicyclic) bond motifs is 1. The van der Waals surface area contributed by atoms with Crippen LogP contribution in [0.15, 0.2) is 53.6 Å². The summed E-state index contributed by atoms with van der Waals surface area (Å²) in [7, 11) is -2.17. The van der Waals surface area contributed by atoms with E-state index in [0.717, 1.165) is 23.1 Å². The zero-order valence-electron chi connectivity index (χ0n) is 16.4. The molecule has 1 amide bonds. The van der Waals surface area contributed by atoms with Crippen molar-refractivity contribution >= 4 is 26.6 Å². The molecule has 0 radical (unpaired) electrons. The number of carbonyl (C=O) groups is 1. The molecule has 0 aliphatic heterocycles. The van der Waals surface area contributed by atoms with Crippen molar-refractivity contribution in [3.8, 4) is 16.9 Å². The molecule has 30 heavy (non-hydrogen) atoms. The third kappa shape index (κ3) is 4.50. The molecule has 10 heteroatoms. The van der Waals surface area contributed by atoms with Crippen LogP contribution in [-0.2, 0) is 21.2 Å². The highest BCUT2D eigenvalue weighted by atomic mass is 32.2. The van der Waals surface area contributed by atoms with Crippen LogP contribution in [0.3, 0.4) is 0 Å². The number of nitrogens with one attached hydrogen (secondary N) is 1. The Kier molecular flexibility index (Phi) is 6.18. The number of aromatic nitrogens is 2. The van der Waals surface area contributed by atoms with Gasteiger partial charge in [-0.25, -0.2) is 18.9 Å². The summed E-state index contributed by atoms with van der Waals surface area (Å²) in [6.45, 7) is -0.0485. The minimum atomic E-state index is -3.76. The normalized spacial score (nSPS) is 12.5. The first-order valence-corrected chi connectivity index (χ1v) is 11.0. The summed E-state index contributed by atoms with van der Waals surface area (Å²) in [5, 5.41) is 7.66. The summed E-state index contributed by atoms with van der Waals surface area (Å²) >= 11 is 0. The van der Waals surface area contributed by atoms with Crippen LogP contribution >= 0.6 is 0 Å². The van der Waals surface area contributed by atoms with Gasteiger partial charge in [0.15, 0.2) is 9.84 Å². The number of benzene rings is 2. The van der Waals surface area contributed by atoms with Crippen LogP contribution in [0.25, 0.3) is 22.0 Å². The molecule has 158 valence electrons. The van der Waals surface area contributed by atoms with Crippen LogP contribution < -0.4 is 15.8 Å². The molecule has 0 bridgehead atoms. The Hall–Kier alpha value is -3.24. The second-order valence-corrected chi connectivity index (χ2v) is 9.01. The van der Waals surface area contributed by atoms with E-state index in [1.807, 2.05) is 24.3 Å². The minimum absolute atomic E-state index is 0.0485. The zero-order valence-corrected chi connectivity index (χ0v) is 17.2. The van der Waals surface area contributed by atoms with E-state index in [1.165, 1.54) is 16.4 Å². The van der Waals surface area contributed by atoms with Gasteiger partial charge in [0, 0.05) is 12.8 Å². The average Bonchev–Trinajstić information content (AvgIpc) is 2.74. The maximum atomic E-state index is 12.8. The summed E-state index contributed by atoms with van der Waals surface area (Å²) < 4.78 is 30.0. The van der Waals surface area contributed by atoms with E-state index in [0.29, 0.717) is 10.9 Å². The minimum Gasteiger partial charge on any atom is -0.497 e. The fraction of sp³-hybridized carbons (Fsp3) is 0.250. The fourth-order valence-corrected chi connectivity index (χ4v) is 4.12. The molecule has 1 aromatic heterocycles. The van der Waals surface area contributed by atoms with Crippen molar-refractivity contribution < 1.29 is 23.2 Å². The summed E-state index contributed by atoms with van der Waals surface area (Å²) in [5.41, 5.74) is 3.32. The molecular formula is C20H21N3O6S. The second-order valence-electron chi connectivity index (χ2n) is 6.79. The Morgan fingerprint density at radius 1 is 1.20 bits per heavy atom. The van der Waals surface area contributed by atoms with Gasteiger partial charge in [0.1, 0.15) is 11.0 Å². The molecule has 3 rings (SSSR count). The van der Waals surface area contributed by atoms with Gasteiger partial charge in [-0.05, 0) is 41.8 Å².